The maximum Gasteiger partial charge on any atom is 0.132 e. The largest absolute Gasteiger partial charge is 0.465 e. The number of ether oxygens (including phenoxy) is 2. The summed E-state index contributed by atoms with van der Waals surface area (Å²) in [5.74, 6) is 2.01. The van der Waals surface area contributed by atoms with Gasteiger partial charge >= 0.3 is 0 Å². The highest BCUT2D eigenvalue weighted by molar-refractivity contribution is 5.78. The van der Waals surface area contributed by atoms with Gasteiger partial charge in [0.2, 0.25) is 0 Å². The van der Waals surface area contributed by atoms with Crippen molar-refractivity contribution in [3.05, 3.63) is 84.3 Å². The van der Waals surface area contributed by atoms with E-state index in [1.807, 2.05) is 62.4 Å². The van der Waals surface area contributed by atoms with E-state index in [0.717, 1.165) is 37.2 Å². The fourth-order valence-electron chi connectivity index (χ4n) is 2.95. The molecule has 0 aliphatic heterocycles. The number of rotatable bonds is 12. The van der Waals surface area contributed by atoms with Crippen molar-refractivity contribution in [2.75, 3.05) is 0 Å². The SMILES string of the molecule is CC=COc1cccc(CCCC(=O)CCCc2cccc(OC=CC)c2)c1. The molecule has 0 saturated carbocycles. The third-order valence-corrected chi connectivity index (χ3v) is 4.32. The van der Waals surface area contributed by atoms with Crippen molar-refractivity contribution >= 4 is 5.78 Å². The van der Waals surface area contributed by atoms with Crippen molar-refractivity contribution in [2.24, 2.45) is 0 Å². The second-order valence-corrected chi connectivity index (χ2v) is 6.72. The molecule has 0 saturated heterocycles. The minimum absolute atomic E-state index is 0.336. The maximum absolute atomic E-state index is 12.2. The van der Waals surface area contributed by atoms with Crippen LogP contribution in [0.1, 0.15) is 50.7 Å². The average Bonchev–Trinajstić information content (AvgIpc) is 2.71. The zero-order valence-electron chi connectivity index (χ0n) is 16.9. The van der Waals surface area contributed by atoms with Gasteiger partial charge in [-0.25, -0.2) is 0 Å². The van der Waals surface area contributed by atoms with Gasteiger partial charge in [0, 0.05) is 12.8 Å². The van der Waals surface area contributed by atoms with Gasteiger partial charge in [-0.15, -0.1) is 0 Å². The van der Waals surface area contributed by atoms with E-state index in [2.05, 4.69) is 12.1 Å². The Hall–Kier alpha value is -2.81. The molecular formula is C25H30O3. The number of carbonyl (C=O) groups is 1. The van der Waals surface area contributed by atoms with E-state index in [1.165, 1.54) is 11.1 Å². The fourth-order valence-corrected chi connectivity index (χ4v) is 2.95. The van der Waals surface area contributed by atoms with Crippen molar-refractivity contribution in [3.63, 3.8) is 0 Å². The number of allylic oxidation sites excluding steroid dienone is 2. The lowest BCUT2D eigenvalue weighted by molar-refractivity contribution is -0.119. The van der Waals surface area contributed by atoms with Crippen LogP contribution in [0.3, 0.4) is 0 Å². The van der Waals surface area contributed by atoms with Crippen LogP contribution in [-0.2, 0) is 17.6 Å². The first-order valence-electron chi connectivity index (χ1n) is 9.96. The van der Waals surface area contributed by atoms with Crippen LogP contribution in [0.4, 0.5) is 0 Å². The Kier molecular flexibility index (Phi) is 9.64. The number of carbonyl (C=O) groups excluding carboxylic acids is 1. The van der Waals surface area contributed by atoms with Crippen LogP contribution in [0.15, 0.2) is 73.2 Å². The Morgan fingerprint density at radius 1 is 0.786 bits per heavy atom. The van der Waals surface area contributed by atoms with Crippen LogP contribution < -0.4 is 9.47 Å². The van der Waals surface area contributed by atoms with Crippen molar-refractivity contribution < 1.29 is 14.3 Å². The molecule has 0 N–H and O–H groups in total. The first kappa shape index (κ1) is 21.5. The number of aryl methyl sites for hydroxylation is 2. The smallest absolute Gasteiger partial charge is 0.132 e. The summed E-state index contributed by atoms with van der Waals surface area (Å²) in [7, 11) is 0. The molecule has 0 aliphatic rings. The predicted molar refractivity (Wildman–Crippen MR) is 115 cm³/mol. The Morgan fingerprint density at radius 2 is 1.25 bits per heavy atom. The molecule has 0 unspecified atom stereocenters. The molecule has 28 heavy (non-hydrogen) atoms. The molecular weight excluding hydrogens is 348 g/mol. The summed E-state index contributed by atoms with van der Waals surface area (Å²) in [5.41, 5.74) is 2.40. The zero-order chi connectivity index (χ0) is 20.0. The van der Waals surface area contributed by atoms with Gasteiger partial charge in [-0.3, -0.25) is 4.79 Å². The minimum atomic E-state index is 0.336. The van der Waals surface area contributed by atoms with Gasteiger partial charge in [0.05, 0.1) is 12.5 Å². The molecule has 0 radical (unpaired) electrons. The van der Waals surface area contributed by atoms with E-state index in [0.29, 0.717) is 18.6 Å². The summed E-state index contributed by atoms with van der Waals surface area (Å²) in [6.45, 7) is 3.84. The van der Waals surface area contributed by atoms with Crippen molar-refractivity contribution in [1.82, 2.24) is 0 Å². The molecule has 0 spiro atoms. The van der Waals surface area contributed by atoms with Gasteiger partial charge in [-0.1, -0.05) is 36.4 Å². The lowest BCUT2D eigenvalue weighted by Crippen LogP contribution is -2.00. The molecule has 3 nitrogen and oxygen atoms in total. The topological polar surface area (TPSA) is 35.5 Å². The van der Waals surface area contributed by atoms with E-state index in [4.69, 9.17) is 9.47 Å². The highest BCUT2D eigenvalue weighted by Crippen LogP contribution is 2.17. The molecule has 0 heterocycles. The Labute approximate surface area is 168 Å². The molecule has 0 fully saturated rings. The van der Waals surface area contributed by atoms with E-state index < -0.39 is 0 Å². The van der Waals surface area contributed by atoms with Gasteiger partial charge < -0.3 is 9.47 Å². The third kappa shape index (κ3) is 8.26. The van der Waals surface area contributed by atoms with E-state index >= 15 is 0 Å². The van der Waals surface area contributed by atoms with Crippen molar-refractivity contribution in [1.29, 1.82) is 0 Å². The van der Waals surface area contributed by atoms with E-state index in [1.54, 1.807) is 12.5 Å². The van der Waals surface area contributed by atoms with Gasteiger partial charge in [0.25, 0.3) is 0 Å². The Morgan fingerprint density at radius 3 is 1.68 bits per heavy atom. The maximum atomic E-state index is 12.2. The summed E-state index contributed by atoms with van der Waals surface area (Å²) in [6, 6.07) is 16.1. The minimum Gasteiger partial charge on any atom is -0.465 e. The number of hydrogen-bond donors (Lipinski definition) is 0. The number of ketones is 1. The predicted octanol–water partition coefficient (Wildman–Crippen LogP) is 6.43. The van der Waals surface area contributed by atoms with Crippen LogP contribution in [0.5, 0.6) is 11.5 Å². The highest BCUT2D eigenvalue weighted by atomic mass is 16.5. The molecule has 2 aromatic carbocycles. The van der Waals surface area contributed by atoms with Crippen molar-refractivity contribution in [2.45, 2.75) is 52.4 Å². The Balaban J connectivity index is 1.68. The molecule has 0 bridgehead atoms. The van der Waals surface area contributed by atoms with E-state index in [9.17, 15) is 4.79 Å². The molecule has 0 amide bonds. The van der Waals surface area contributed by atoms with Gasteiger partial charge in [-0.2, -0.15) is 0 Å². The molecule has 0 aliphatic carbocycles. The highest BCUT2D eigenvalue weighted by Gasteiger charge is 2.04. The second-order valence-electron chi connectivity index (χ2n) is 6.72. The molecule has 0 atom stereocenters. The zero-order valence-corrected chi connectivity index (χ0v) is 16.9. The average molecular weight is 379 g/mol. The number of benzene rings is 2. The molecule has 0 aromatic heterocycles. The normalized spacial score (nSPS) is 11.2. The summed E-state index contributed by atoms with van der Waals surface area (Å²) in [6.07, 6.45) is 11.8. The van der Waals surface area contributed by atoms with Gasteiger partial charge in [0.15, 0.2) is 0 Å². The first-order valence-corrected chi connectivity index (χ1v) is 9.96. The number of hydrogen-bond acceptors (Lipinski definition) is 3. The van der Waals surface area contributed by atoms with Crippen LogP contribution in [0.25, 0.3) is 0 Å². The second kappa shape index (κ2) is 12.6. The van der Waals surface area contributed by atoms with Crippen molar-refractivity contribution in [3.8, 4) is 11.5 Å². The molecule has 148 valence electrons. The fraction of sp³-hybridized carbons (Fsp3) is 0.320. The van der Waals surface area contributed by atoms with Gasteiger partial charge in [0.1, 0.15) is 17.3 Å². The Bertz CT molecular complexity index is 724. The first-order chi connectivity index (χ1) is 13.7. The number of Topliss-reactive ketones (excluding diaryl/α,β-unsaturated/α-hetero) is 1. The molecule has 2 rings (SSSR count). The summed E-state index contributed by atoms with van der Waals surface area (Å²) < 4.78 is 11.0. The molecule has 2 aromatic rings. The lowest BCUT2D eigenvalue weighted by atomic mass is 10.0. The quantitative estimate of drug-likeness (QED) is 0.399. The summed E-state index contributed by atoms with van der Waals surface area (Å²) in [4.78, 5) is 12.2. The standard InChI is InChI=1S/C25H30O3/c1-3-17-27-24-15-7-11-21(19-24)9-5-13-23(26)14-6-10-22-12-8-16-25(20-22)28-18-4-2/h3-4,7-8,11-12,15-20H,5-6,9-10,13-14H2,1-2H3. The van der Waals surface area contributed by atoms with Crippen LogP contribution >= 0.6 is 0 Å². The van der Waals surface area contributed by atoms with Crippen LogP contribution in [-0.4, -0.2) is 5.78 Å². The monoisotopic (exact) mass is 378 g/mol. The lowest BCUT2D eigenvalue weighted by Gasteiger charge is -2.06. The van der Waals surface area contributed by atoms with Crippen LogP contribution in [0, 0.1) is 0 Å². The third-order valence-electron chi connectivity index (χ3n) is 4.32. The van der Waals surface area contributed by atoms with Crippen LogP contribution in [0.2, 0.25) is 0 Å². The summed E-state index contributed by atoms with van der Waals surface area (Å²) in [5, 5.41) is 0. The van der Waals surface area contributed by atoms with Gasteiger partial charge in [-0.05, 0) is 74.9 Å². The van der Waals surface area contributed by atoms with E-state index in [-0.39, 0.29) is 0 Å². The molecule has 3 heteroatoms. The summed E-state index contributed by atoms with van der Waals surface area (Å²) >= 11 is 0.